The van der Waals surface area contributed by atoms with Crippen LogP contribution in [0.3, 0.4) is 0 Å². The van der Waals surface area contributed by atoms with Crippen molar-refractivity contribution in [1.29, 1.82) is 0 Å². The first kappa shape index (κ1) is 26.9. The van der Waals surface area contributed by atoms with E-state index in [1.165, 1.54) is 23.9 Å². The van der Waals surface area contributed by atoms with E-state index >= 15 is 0 Å². The third-order valence-corrected chi connectivity index (χ3v) is 7.13. The molecule has 1 atom stereocenters. The SMILES string of the molecule is CC(C)N(CCn1c(S[C@@H](C)C(=O)N(C)Cc2cccc(F)c2)nc2ccccc2c1=O)C(C)C. The number of nitrogens with zero attached hydrogens (tertiary/aromatic N) is 4. The molecule has 0 fully saturated rings. The highest BCUT2D eigenvalue weighted by atomic mass is 32.2. The summed E-state index contributed by atoms with van der Waals surface area (Å²) >= 11 is 1.29. The van der Waals surface area contributed by atoms with Crippen LogP contribution in [-0.2, 0) is 17.9 Å². The lowest BCUT2D eigenvalue weighted by molar-refractivity contribution is -0.129. The topological polar surface area (TPSA) is 58.4 Å². The van der Waals surface area contributed by atoms with Crippen molar-refractivity contribution in [3.63, 3.8) is 0 Å². The van der Waals surface area contributed by atoms with E-state index < -0.39 is 5.25 Å². The fourth-order valence-corrected chi connectivity index (χ4v) is 5.32. The van der Waals surface area contributed by atoms with E-state index in [2.05, 4.69) is 32.6 Å². The largest absolute Gasteiger partial charge is 0.340 e. The molecule has 3 rings (SSSR count). The molecule has 0 spiro atoms. The molecule has 0 saturated heterocycles. The van der Waals surface area contributed by atoms with Crippen molar-refractivity contribution < 1.29 is 9.18 Å². The standard InChI is InChI=1S/C27H35FN4O2S/c1-18(2)31(19(3)4)14-15-32-26(34)23-12-7-8-13-24(23)29-27(32)35-20(5)25(33)30(6)17-21-10-9-11-22(28)16-21/h7-13,16,18-20H,14-15,17H2,1-6H3/t20-/m0/s1. The minimum absolute atomic E-state index is 0.0988. The van der Waals surface area contributed by atoms with Gasteiger partial charge in [-0.15, -0.1) is 0 Å². The smallest absolute Gasteiger partial charge is 0.262 e. The Morgan fingerprint density at radius 3 is 2.40 bits per heavy atom. The molecule has 0 radical (unpaired) electrons. The third-order valence-electron chi connectivity index (χ3n) is 6.05. The molecule has 35 heavy (non-hydrogen) atoms. The van der Waals surface area contributed by atoms with Gasteiger partial charge in [-0.05, 0) is 64.4 Å². The normalized spacial score (nSPS) is 12.6. The molecule has 3 aromatic rings. The van der Waals surface area contributed by atoms with Gasteiger partial charge in [0.2, 0.25) is 5.91 Å². The molecule has 0 saturated carbocycles. The van der Waals surface area contributed by atoms with E-state index in [0.29, 0.717) is 47.8 Å². The first-order valence-corrected chi connectivity index (χ1v) is 12.9. The molecule has 1 heterocycles. The zero-order valence-corrected chi connectivity index (χ0v) is 22.2. The van der Waals surface area contributed by atoms with Crippen molar-refractivity contribution in [3.05, 3.63) is 70.3 Å². The van der Waals surface area contributed by atoms with Gasteiger partial charge in [-0.1, -0.05) is 36.0 Å². The van der Waals surface area contributed by atoms with Crippen molar-refractivity contribution in [2.75, 3.05) is 13.6 Å². The molecule has 0 N–H and O–H groups in total. The fourth-order valence-electron chi connectivity index (χ4n) is 4.27. The minimum Gasteiger partial charge on any atom is -0.340 e. The average Bonchev–Trinajstić information content (AvgIpc) is 2.80. The summed E-state index contributed by atoms with van der Waals surface area (Å²) in [5, 5.41) is 0.625. The van der Waals surface area contributed by atoms with Crippen LogP contribution in [0.2, 0.25) is 0 Å². The maximum absolute atomic E-state index is 13.6. The number of carbonyl (C=O) groups excluding carboxylic acids is 1. The second-order valence-electron chi connectivity index (χ2n) is 9.38. The second-order valence-corrected chi connectivity index (χ2v) is 10.7. The molecule has 8 heteroatoms. The number of fused-ring (bicyclic) bond motifs is 1. The summed E-state index contributed by atoms with van der Waals surface area (Å²) < 4.78 is 15.2. The van der Waals surface area contributed by atoms with Crippen LogP contribution < -0.4 is 5.56 Å². The van der Waals surface area contributed by atoms with Crippen LogP contribution in [-0.4, -0.2) is 56.2 Å². The molecule has 1 aromatic heterocycles. The second kappa shape index (κ2) is 11.8. The van der Waals surface area contributed by atoms with Crippen LogP contribution in [0.4, 0.5) is 4.39 Å². The van der Waals surface area contributed by atoms with Gasteiger partial charge in [0, 0.05) is 38.8 Å². The molecule has 2 aromatic carbocycles. The molecule has 0 aliphatic rings. The van der Waals surface area contributed by atoms with E-state index in [-0.39, 0.29) is 17.3 Å². The molecular formula is C27H35FN4O2S. The average molecular weight is 499 g/mol. The summed E-state index contributed by atoms with van der Waals surface area (Å²) in [7, 11) is 1.70. The number of thioether (sulfide) groups is 1. The maximum atomic E-state index is 13.6. The van der Waals surface area contributed by atoms with Gasteiger partial charge in [-0.25, -0.2) is 9.37 Å². The van der Waals surface area contributed by atoms with Crippen LogP contribution in [0.25, 0.3) is 10.9 Å². The van der Waals surface area contributed by atoms with Crippen LogP contribution in [0.1, 0.15) is 40.2 Å². The van der Waals surface area contributed by atoms with Gasteiger partial charge in [0.15, 0.2) is 5.16 Å². The Labute approximate surface area is 211 Å². The summed E-state index contributed by atoms with van der Waals surface area (Å²) in [6.45, 7) is 11.9. The zero-order chi connectivity index (χ0) is 25.7. The highest BCUT2D eigenvalue weighted by Crippen LogP contribution is 2.24. The Morgan fingerprint density at radius 2 is 1.74 bits per heavy atom. The Hall–Kier alpha value is -2.71. The first-order valence-electron chi connectivity index (χ1n) is 12.0. The Morgan fingerprint density at radius 1 is 1.06 bits per heavy atom. The van der Waals surface area contributed by atoms with Crippen LogP contribution in [0, 0.1) is 5.82 Å². The maximum Gasteiger partial charge on any atom is 0.262 e. The van der Waals surface area contributed by atoms with Gasteiger partial charge >= 0.3 is 0 Å². The number of aromatic nitrogens is 2. The number of halogens is 1. The van der Waals surface area contributed by atoms with Crippen molar-refractivity contribution in [2.45, 2.75) is 70.2 Å². The minimum atomic E-state index is -0.473. The Bertz CT molecular complexity index is 1220. The number of amides is 1. The summed E-state index contributed by atoms with van der Waals surface area (Å²) in [4.78, 5) is 35.2. The van der Waals surface area contributed by atoms with E-state index in [4.69, 9.17) is 4.98 Å². The Balaban J connectivity index is 1.86. The van der Waals surface area contributed by atoms with Gasteiger partial charge in [-0.2, -0.15) is 0 Å². The van der Waals surface area contributed by atoms with Crippen LogP contribution in [0.15, 0.2) is 58.5 Å². The lowest BCUT2D eigenvalue weighted by Crippen LogP contribution is -2.41. The summed E-state index contributed by atoms with van der Waals surface area (Å²) in [6, 6.07) is 14.2. The van der Waals surface area contributed by atoms with Gasteiger partial charge in [0.05, 0.1) is 16.2 Å². The fraction of sp³-hybridized carbons (Fsp3) is 0.444. The van der Waals surface area contributed by atoms with Gasteiger partial charge < -0.3 is 4.90 Å². The van der Waals surface area contributed by atoms with E-state index in [0.717, 1.165) is 5.56 Å². The first-order chi connectivity index (χ1) is 16.6. The number of carbonyl (C=O) groups is 1. The van der Waals surface area contributed by atoms with Crippen molar-refractivity contribution in [1.82, 2.24) is 19.4 Å². The zero-order valence-electron chi connectivity index (χ0n) is 21.4. The third kappa shape index (κ3) is 6.70. The van der Waals surface area contributed by atoms with Gasteiger partial charge in [0.25, 0.3) is 5.56 Å². The summed E-state index contributed by atoms with van der Waals surface area (Å²) in [5.41, 5.74) is 1.24. The number of rotatable bonds is 10. The predicted octanol–water partition coefficient (Wildman–Crippen LogP) is 4.79. The molecule has 0 bridgehead atoms. The predicted molar refractivity (Wildman–Crippen MR) is 141 cm³/mol. The van der Waals surface area contributed by atoms with E-state index in [1.807, 2.05) is 25.1 Å². The quantitative estimate of drug-likeness (QED) is 0.297. The lowest BCUT2D eigenvalue weighted by atomic mass is 10.2. The van der Waals surface area contributed by atoms with Crippen molar-refractivity contribution in [2.24, 2.45) is 0 Å². The van der Waals surface area contributed by atoms with Crippen LogP contribution in [0.5, 0.6) is 0 Å². The van der Waals surface area contributed by atoms with Gasteiger partial charge in [0.1, 0.15) is 5.82 Å². The number of hydrogen-bond donors (Lipinski definition) is 0. The molecule has 188 valence electrons. The summed E-state index contributed by atoms with van der Waals surface area (Å²) in [6.07, 6.45) is 0. The highest BCUT2D eigenvalue weighted by Gasteiger charge is 2.23. The molecule has 0 aliphatic heterocycles. The Kier molecular flexibility index (Phi) is 9.08. The molecular weight excluding hydrogens is 463 g/mol. The lowest BCUT2D eigenvalue weighted by Gasteiger charge is -2.31. The number of hydrogen-bond acceptors (Lipinski definition) is 5. The summed E-state index contributed by atoms with van der Waals surface area (Å²) in [5.74, 6) is -0.439. The van der Waals surface area contributed by atoms with Crippen molar-refractivity contribution >= 4 is 28.6 Å². The van der Waals surface area contributed by atoms with Crippen LogP contribution >= 0.6 is 11.8 Å². The van der Waals surface area contributed by atoms with Crippen molar-refractivity contribution in [3.8, 4) is 0 Å². The molecule has 0 unspecified atom stereocenters. The van der Waals surface area contributed by atoms with E-state index in [9.17, 15) is 14.0 Å². The van der Waals surface area contributed by atoms with E-state index in [1.54, 1.807) is 34.7 Å². The highest BCUT2D eigenvalue weighted by molar-refractivity contribution is 8.00. The molecule has 6 nitrogen and oxygen atoms in total. The molecule has 1 amide bonds. The van der Waals surface area contributed by atoms with Gasteiger partial charge in [-0.3, -0.25) is 19.1 Å². The monoisotopic (exact) mass is 498 g/mol. The molecule has 0 aliphatic carbocycles. The number of para-hydroxylation sites is 1. The number of benzene rings is 2.